The van der Waals surface area contributed by atoms with E-state index < -0.39 is 24.8 Å². The molecule has 0 saturated heterocycles. The van der Waals surface area contributed by atoms with E-state index in [1.165, 1.54) is 12.3 Å². The Morgan fingerprint density at radius 1 is 1.30 bits per heavy atom. The molecule has 0 spiro atoms. The Balaban J connectivity index is 2.17. The third-order valence-electron chi connectivity index (χ3n) is 3.64. The van der Waals surface area contributed by atoms with E-state index in [2.05, 4.69) is 11.7 Å². The first-order chi connectivity index (χ1) is 12.9. The molecule has 146 valence electrons. The van der Waals surface area contributed by atoms with Crippen LogP contribution in [-0.4, -0.2) is 40.0 Å². The van der Waals surface area contributed by atoms with Crippen LogP contribution in [-0.2, 0) is 16.1 Å². The predicted octanol–water partition coefficient (Wildman–Crippen LogP) is 3.13. The number of carbonyl (C=O) groups is 1. The Bertz CT molecular complexity index is 794. The maximum absolute atomic E-state index is 13.5. The lowest BCUT2D eigenvalue weighted by molar-refractivity contribution is -0.149. The van der Waals surface area contributed by atoms with Gasteiger partial charge >= 0.3 is 5.97 Å². The van der Waals surface area contributed by atoms with Crippen molar-refractivity contribution in [1.29, 1.82) is 0 Å². The summed E-state index contributed by atoms with van der Waals surface area (Å²) in [6, 6.07) is 7.73. The quantitative estimate of drug-likeness (QED) is 0.673. The molecule has 0 aliphatic heterocycles. The highest BCUT2D eigenvalue weighted by Gasteiger charge is 2.25. The summed E-state index contributed by atoms with van der Waals surface area (Å²) in [5.74, 6) is -0.626. The highest BCUT2D eigenvalue weighted by atomic mass is 19.3. The zero-order chi connectivity index (χ0) is 20.0. The van der Waals surface area contributed by atoms with Crippen molar-refractivity contribution in [2.75, 3.05) is 6.61 Å². The summed E-state index contributed by atoms with van der Waals surface area (Å²) in [6.07, 6.45) is -6.22. The van der Waals surface area contributed by atoms with Gasteiger partial charge in [0.1, 0.15) is 12.4 Å². The Hall–Kier alpha value is -2.81. The summed E-state index contributed by atoms with van der Waals surface area (Å²) in [5, 5.41) is 13.6. The highest BCUT2D eigenvalue weighted by molar-refractivity contribution is 5.91. The largest absolute Gasteiger partial charge is 0.487 e. The van der Waals surface area contributed by atoms with Gasteiger partial charge < -0.3 is 14.6 Å². The fourth-order valence-corrected chi connectivity index (χ4v) is 2.31. The van der Waals surface area contributed by atoms with Gasteiger partial charge in [-0.2, -0.15) is 5.10 Å². The van der Waals surface area contributed by atoms with Crippen LogP contribution in [0, 0.1) is 0 Å². The molecule has 0 aliphatic carbocycles. The van der Waals surface area contributed by atoms with E-state index in [-0.39, 0.29) is 30.2 Å². The van der Waals surface area contributed by atoms with E-state index in [4.69, 9.17) is 9.47 Å². The van der Waals surface area contributed by atoms with Gasteiger partial charge in [-0.15, -0.1) is 0 Å². The molecule has 1 N–H and O–H groups in total. The van der Waals surface area contributed by atoms with E-state index in [1.54, 1.807) is 31.2 Å². The monoisotopic (exact) mass is 384 g/mol. The molecule has 1 aromatic carbocycles. The second-order valence-corrected chi connectivity index (χ2v) is 5.44. The molecule has 27 heavy (non-hydrogen) atoms. The molecular weight excluding hydrogens is 365 g/mol. The number of nitrogens with zero attached hydrogens (tertiary/aromatic N) is 2. The van der Waals surface area contributed by atoms with Crippen LogP contribution in [0.4, 0.5) is 13.2 Å². The van der Waals surface area contributed by atoms with Crippen LogP contribution in [0.5, 0.6) is 5.75 Å². The van der Waals surface area contributed by atoms with Crippen molar-refractivity contribution < 1.29 is 32.5 Å². The Morgan fingerprint density at radius 2 is 2.00 bits per heavy atom. The first-order valence-corrected chi connectivity index (χ1v) is 8.07. The van der Waals surface area contributed by atoms with Crippen molar-refractivity contribution in [2.45, 2.75) is 32.4 Å². The summed E-state index contributed by atoms with van der Waals surface area (Å²) < 4.78 is 49.6. The molecule has 0 amide bonds. The van der Waals surface area contributed by atoms with E-state index in [1.807, 2.05) is 0 Å². The number of rotatable bonds is 9. The zero-order valence-electron chi connectivity index (χ0n) is 14.5. The molecular formula is C18H19F3N2O4. The number of halogens is 3. The normalized spacial score (nSPS) is 13.3. The fourth-order valence-electron chi connectivity index (χ4n) is 2.31. The number of esters is 1. The summed E-state index contributed by atoms with van der Waals surface area (Å²) >= 11 is 0. The molecule has 2 aromatic rings. The smallest absolute Gasteiger partial charge is 0.339 e. The summed E-state index contributed by atoms with van der Waals surface area (Å²) in [4.78, 5) is 11.7. The molecule has 0 radical (unpaired) electrons. The van der Waals surface area contributed by atoms with Gasteiger partial charge in [0.25, 0.3) is 12.7 Å². The summed E-state index contributed by atoms with van der Waals surface area (Å²) in [7, 11) is 0. The fraction of sp³-hybridized carbons (Fsp3) is 0.333. The standard InChI is InChI=1S/C18H19F3N2O4/c1-3-26-18(25)15(24)11(2)13-6-4-5-7-14(13)27-10-12-8-9-22-23(12)17(21)16(19)20/h4-9,15-17,24H,2-3,10H2,1H3. The predicted molar refractivity (Wildman–Crippen MR) is 90.8 cm³/mol. The van der Waals surface area contributed by atoms with Gasteiger partial charge in [-0.3, -0.25) is 0 Å². The lowest BCUT2D eigenvalue weighted by Gasteiger charge is -2.17. The average molecular weight is 384 g/mol. The number of ether oxygens (including phenoxy) is 2. The molecule has 0 saturated carbocycles. The third-order valence-corrected chi connectivity index (χ3v) is 3.64. The first-order valence-electron chi connectivity index (χ1n) is 8.07. The topological polar surface area (TPSA) is 73.6 Å². The lowest BCUT2D eigenvalue weighted by Crippen LogP contribution is -2.24. The van der Waals surface area contributed by atoms with Crippen molar-refractivity contribution in [2.24, 2.45) is 0 Å². The molecule has 2 unspecified atom stereocenters. The van der Waals surface area contributed by atoms with Crippen molar-refractivity contribution in [1.82, 2.24) is 9.78 Å². The molecule has 1 aromatic heterocycles. The molecule has 9 heteroatoms. The van der Waals surface area contributed by atoms with Crippen LogP contribution in [0.1, 0.15) is 24.5 Å². The second kappa shape index (κ2) is 9.22. The van der Waals surface area contributed by atoms with Gasteiger partial charge in [0.2, 0.25) is 0 Å². The maximum atomic E-state index is 13.5. The van der Waals surface area contributed by atoms with E-state index >= 15 is 0 Å². The molecule has 2 rings (SSSR count). The molecule has 0 fully saturated rings. The summed E-state index contributed by atoms with van der Waals surface area (Å²) in [5.41, 5.74) is 0.470. The van der Waals surface area contributed by atoms with Gasteiger partial charge in [0.05, 0.1) is 12.3 Å². The summed E-state index contributed by atoms with van der Waals surface area (Å²) in [6.45, 7) is 5.14. The number of aliphatic hydroxyl groups excluding tert-OH is 1. The number of benzene rings is 1. The molecule has 0 aliphatic rings. The SMILES string of the molecule is C=C(c1ccccc1OCc1ccnn1C(F)C(F)F)C(O)C(=O)OCC. The van der Waals surface area contributed by atoms with Gasteiger partial charge in [-0.1, -0.05) is 24.8 Å². The van der Waals surface area contributed by atoms with Crippen LogP contribution in [0.2, 0.25) is 0 Å². The highest BCUT2D eigenvalue weighted by Crippen LogP contribution is 2.29. The average Bonchev–Trinajstić information content (AvgIpc) is 3.13. The zero-order valence-corrected chi connectivity index (χ0v) is 14.5. The number of alkyl halides is 3. The Kier molecular flexibility index (Phi) is 7.00. The Labute approximate surface area is 153 Å². The van der Waals surface area contributed by atoms with Crippen LogP contribution < -0.4 is 4.74 Å². The van der Waals surface area contributed by atoms with Crippen molar-refractivity contribution in [3.8, 4) is 5.75 Å². The van der Waals surface area contributed by atoms with Crippen LogP contribution >= 0.6 is 0 Å². The maximum Gasteiger partial charge on any atom is 0.339 e. The van der Waals surface area contributed by atoms with E-state index in [0.29, 0.717) is 10.2 Å². The van der Waals surface area contributed by atoms with Crippen LogP contribution in [0.25, 0.3) is 5.57 Å². The van der Waals surface area contributed by atoms with Crippen molar-refractivity contribution in [3.05, 3.63) is 54.4 Å². The number of aromatic nitrogens is 2. The van der Waals surface area contributed by atoms with E-state index in [9.17, 15) is 23.1 Å². The first kappa shape index (κ1) is 20.5. The second-order valence-electron chi connectivity index (χ2n) is 5.44. The molecule has 2 atom stereocenters. The minimum atomic E-state index is -3.23. The number of para-hydroxylation sites is 1. The number of aliphatic hydroxyl groups is 1. The molecule has 0 bridgehead atoms. The Morgan fingerprint density at radius 3 is 2.67 bits per heavy atom. The number of hydrogen-bond acceptors (Lipinski definition) is 5. The number of carbonyl (C=O) groups excluding carboxylic acids is 1. The molecule has 1 heterocycles. The molecule has 6 nitrogen and oxygen atoms in total. The third kappa shape index (κ3) is 4.88. The van der Waals surface area contributed by atoms with Gasteiger partial charge in [-0.25, -0.2) is 22.6 Å². The minimum Gasteiger partial charge on any atom is -0.487 e. The number of hydrogen-bond donors (Lipinski definition) is 1. The van der Waals surface area contributed by atoms with Crippen molar-refractivity contribution in [3.63, 3.8) is 0 Å². The minimum absolute atomic E-state index is 0.0495. The van der Waals surface area contributed by atoms with Crippen molar-refractivity contribution >= 4 is 11.5 Å². The lowest BCUT2D eigenvalue weighted by atomic mass is 10.0. The van der Waals surface area contributed by atoms with Gasteiger partial charge in [-0.05, 0) is 24.6 Å². The van der Waals surface area contributed by atoms with Gasteiger partial charge in [0.15, 0.2) is 6.10 Å². The van der Waals surface area contributed by atoms with Crippen LogP contribution in [0.15, 0.2) is 43.1 Å². The van der Waals surface area contributed by atoms with E-state index in [0.717, 1.165) is 0 Å². The van der Waals surface area contributed by atoms with Crippen LogP contribution in [0.3, 0.4) is 0 Å². The van der Waals surface area contributed by atoms with Gasteiger partial charge in [0, 0.05) is 11.8 Å².